The van der Waals surface area contributed by atoms with Crippen LogP contribution in [0.1, 0.15) is 24.8 Å². The lowest BCUT2D eigenvalue weighted by atomic mass is 10.0. The third kappa shape index (κ3) is 3.58. The quantitative estimate of drug-likeness (QED) is 0.898. The predicted octanol–water partition coefficient (Wildman–Crippen LogP) is 4.26. The minimum atomic E-state index is -4.40. The fraction of sp³-hybridized carbons (Fsp3) is 0.571. The average molecular weight is 307 g/mol. The highest BCUT2D eigenvalue weighted by molar-refractivity contribution is 6.33. The van der Waals surface area contributed by atoms with Gasteiger partial charge >= 0.3 is 6.18 Å². The molecule has 1 aromatic carbocycles. The van der Waals surface area contributed by atoms with E-state index >= 15 is 0 Å². The van der Waals surface area contributed by atoms with Gasteiger partial charge in [0.15, 0.2) is 0 Å². The summed E-state index contributed by atoms with van der Waals surface area (Å²) in [6, 6.07) is 4.10. The van der Waals surface area contributed by atoms with Gasteiger partial charge in [-0.2, -0.15) is 13.2 Å². The van der Waals surface area contributed by atoms with E-state index in [0.29, 0.717) is 6.54 Å². The predicted molar refractivity (Wildman–Crippen MR) is 75.2 cm³/mol. The van der Waals surface area contributed by atoms with Crippen LogP contribution in [-0.2, 0) is 6.18 Å². The monoisotopic (exact) mass is 306 g/mol. The third-order valence-corrected chi connectivity index (χ3v) is 4.07. The first kappa shape index (κ1) is 15.4. The molecule has 1 unspecified atom stereocenters. The Labute approximate surface area is 121 Å². The molecule has 1 saturated heterocycles. The van der Waals surface area contributed by atoms with Crippen LogP contribution in [0.3, 0.4) is 0 Å². The molecule has 20 heavy (non-hydrogen) atoms. The van der Waals surface area contributed by atoms with Crippen LogP contribution in [0.2, 0.25) is 5.02 Å². The Morgan fingerprint density at radius 3 is 2.75 bits per heavy atom. The SMILES string of the molecule is CN1CCCCC1CNc1c(Cl)cccc1C(F)(F)F. The highest BCUT2D eigenvalue weighted by Gasteiger charge is 2.34. The Balaban J connectivity index is 2.12. The molecule has 2 rings (SSSR count). The van der Waals surface area contributed by atoms with E-state index in [1.165, 1.54) is 12.1 Å². The van der Waals surface area contributed by atoms with Gasteiger partial charge in [0.25, 0.3) is 0 Å². The van der Waals surface area contributed by atoms with Gasteiger partial charge in [0, 0.05) is 12.6 Å². The molecule has 1 atom stereocenters. The molecule has 112 valence electrons. The number of nitrogens with zero attached hydrogens (tertiary/aromatic N) is 1. The molecule has 1 aliphatic heterocycles. The Bertz CT molecular complexity index is 462. The van der Waals surface area contributed by atoms with Crippen molar-refractivity contribution < 1.29 is 13.2 Å². The molecule has 1 fully saturated rings. The van der Waals surface area contributed by atoms with Gasteiger partial charge in [-0.3, -0.25) is 0 Å². The number of anilines is 1. The zero-order chi connectivity index (χ0) is 14.8. The molecule has 0 aromatic heterocycles. The molecule has 1 N–H and O–H groups in total. The zero-order valence-electron chi connectivity index (χ0n) is 11.3. The van der Waals surface area contributed by atoms with Crippen molar-refractivity contribution in [2.45, 2.75) is 31.5 Å². The molecule has 0 saturated carbocycles. The molecule has 1 aromatic rings. The highest BCUT2D eigenvalue weighted by atomic mass is 35.5. The van der Waals surface area contributed by atoms with Crippen molar-refractivity contribution in [1.29, 1.82) is 0 Å². The zero-order valence-corrected chi connectivity index (χ0v) is 12.1. The van der Waals surface area contributed by atoms with Gasteiger partial charge in [-0.25, -0.2) is 0 Å². The second kappa shape index (κ2) is 6.22. The maximum atomic E-state index is 13.0. The molecular weight excluding hydrogens is 289 g/mol. The molecule has 2 nitrogen and oxygen atoms in total. The minimum Gasteiger partial charge on any atom is -0.382 e. The first-order valence-electron chi connectivity index (χ1n) is 6.69. The van der Waals surface area contributed by atoms with Crippen LogP contribution in [0.15, 0.2) is 18.2 Å². The number of rotatable bonds is 3. The summed E-state index contributed by atoms with van der Waals surface area (Å²) in [4.78, 5) is 2.18. The number of likely N-dealkylation sites (tertiary alicyclic amines) is 1. The van der Waals surface area contributed by atoms with E-state index in [2.05, 4.69) is 10.2 Å². The van der Waals surface area contributed by atoms with Gasteiger partial charge < -0.3 is 10.2 Å². The number of hydrogen-bond acceptors (Lipinski definition) is 2. The fourth-order valence-corrected chi connectivity index (χ4v) is 2.80. The third-order valence-electron chi connectivity index (χ3n) is 3.75. The van der Waals surface area contributed by atoms with Gasteiger partial charge in [0.05, 0.1) is 16.3 Å². The summed E-state index contributed by atoms with van der Waals surface area (Å²) in [6.07, 6.45) is -1.14. The maximum Gasteiger partial charge on any atom is 0.418 e. The largest absolute Gasteiger partial charge is 0.418 e. The summed E-state index contributed by atoms with van der Waals surface area (Å²) in [7, 11) is 2.00. The molecule has 1 aliphatic rings. The lowest BCUT2D eigenvalue weighted by Crippen LogP contribution is -2.41. The van der Waals surface area contributed by atoms with Gasteiger partial charge in [-0.15, -0.1) is 0 Å². The molecule has 0 bridgehead atoms. The second-order valence-corrected chi connectivity index (χ2v) is 5.58. The van der Waals surface area contributed by atoms with Crippen LogP contribution in [0.4, 0.5) is 18.9 Å². The normalized spacial score (nSPS) is 20.9. The standard InChI is InChI=1S/C14H18ClF3N2/c1-20-8-3-2-5-10(20)9-19-13-11(14(16,17)18)6-4-7-12(13)15/h4,6-7,10,19H,2-3,5,8-9H2,1H3. The minimum absolute atomic E-state index is 0.0133. The van der Waals surface area contributed by atoms with Crippen LogP contribution < -0.4 is 5.32 Å². The Hall–Kier alpha value is -0.940. The lowest BCUT2D eigenvalue weighted by molar-refractivity contribution is -0.136. The molecule has 0 amide bonds. The first-order valence-corrected chi connectivity index (χ1v) is 7.07. The van der Waals surface area contributed by atoms with Crippen LogP contribution in [0, 0.1) is 0 Å². The maximum absolute atomic E-state index is 13.0. The number of alkyl halides is 3. The summed E-state index contributed by atoms with van der Waals surface area (Å²) >= 11 is 5.91. The smallest absolute Gasteiger partial charge is 0.382 e. The topological polar surface area (TPSA) is 15.3 Å². The number of hydrogen-bond donors (Lipinski definition) is 1. The average Bonchev–Trinajstić information content (AvgIpc) is 2.37. The summed E-state index contributed by atoms with van der Waals surface area (Å²) in [5.41, 5.74) is -0.718. The van der Waals surface area contributed by atoms with Crippen molar-refractivity contribution in [3.05, 3.63) is 28.8 Å². The van der Waals surface area contributed by atoms with Crippen molar-refractivity contribution in [3.63, 3.8) is 0 Å². The van der Waals surface area contributed by atoms with Crippen molar-refractivity contribution in [3.8, 4) is 0 Å². The van der Waals surface area contributed by atoms with Crippen molar-refractivity contribution in [2.24, 2.45) is 0 Å². The van der Waals surface area contributed by atoms with E-state index < -0.39 is 11.7 Å². The van der Waals surface area contributed by atoms with Gasteiger partial charge in [-0.05, 0) is 38.6 Å². The summed E-state index contributed by atoms with van der Waals surface area (Å²) in [5.74, 6) is 0. The number of benzene rings is 1. The Morgan fingerprint density at radius 1 is 1.35 bits per heavy atom. The van der Waals surface area contributed by atoms with E-state index in [1.807, 2.05) is 7.05 Å². The molecule has 0 spiro atoms. The number of piperidine rings is 1. The molecular formula is C14H18ClF3N2. The molecule has 0 aliphatic carbocycles. The molecule has 6 heteroatoms. The highest BCUT2D eigenvalue weighted by Crippen LogP contribution is 2.38. The summed E-state index contributed by atoms with van der Waals surface area (Å²) in [5, 5.41) is 3.00. The van der Waals surface area contributed by atoms with Gasteiger partial charge in [0.1, 0.15) is 0 Å². The molecule has 1 heterocycles. The van der Waals surface area contributed by atoms with E-state index in [9.17, 15) is 13.2 Å². The van der Waals surface area contributed by atoms with Crippen LogP contribution in [-0.4, -0.2) is 31.1 Å². The number of likely N-dealkylation sites (N-methyl/N-ethyl adjacent to an activating group) is 1. The number of nitrogens with one attached hydrogen (secondary N) is 1. The Morgan fingerprint density at radius 2 is 2.10 bits per heavy atom. The summed E-state index contributed by atoms with van der Waals surface area (Å²) < 4.78 is 38.9. The first-order chi connectivity index (χ1) is 9.39. The lowest BCUT2D eigenvalue weighted by Gasteiger charge is -2.33. The van der Waals surface area contributed by atoms with Crippen LogP contribution >= 0.6 is 11.6 Å². The van der Waals surface area contributed by atoms with E-state index in [4.69, 9.17) is 11.6 Å². The van der Waals surface area contributed by atoms with Crippen LogP contribution in [0.5, 0.6) is 0 Å². The molecule has 0 radical (unpaired) electrons. The van der Waals surface area contributed by atoms with E-state index in [-0.39, 0.29) is 16.8 Å². The van der Waals surface area contributed by atoms with Gasteiger partial charge in [-0.1, -0.05) is 24.1 Å². The van der Waals surface area contributed by atoms with Crippen LogP contribution in [0.25, 0.3) is 0 Å². The van der Waals surface area contributed by atoms with E-state index in [0.717, 1.165) is 31.9 Å². The van der Waals surface area contributed by atoms with Crippen molar-refractivity contribution in [2.75, 3.05) is 25.5 Å². The number of halogens is 4. The second-order valence-electron chi connectivity index (χ2n) is 5.17. The summed E-state index contributed by atoms with van der Waals surface area (Å²) in [6.45, 7) is 1.46. The van der Waals surface area contributed by atoms with Crippen molar-refractivity contribution >= 4 is 17.3 Å². The van der Waals surface area contributed by atoms with E-state index in [1.54, 1.807) is 0 Å². The number of para-hydroxylation sites is 1. The fourth-order valence-electron chi connectivity index (χ4n) is 2.56. The van der Waals surface area contributed by atoms with Gasteiger partial charge in [0.2, 0.25) is 0 Å². The van der Waals surface area contributed by atoms with Crippen molar-refractivity contribution in [1.82, 2.24) is 4.90 Å². The Kier molecular flexibility index (Phi) is 4.81.